The van der Waals surface area contributed by atoms with Crippen LogP contribution in [0, 0.1) is 6.92 Å². The monoisotopic (exact) mass is 457 g/mol. The fourth-order valence-corrected chi connectivity index (χ4v) is 4.41. The third-order valence-electron chi connectivity index (χ3n) is 5.90. The lowest BCUT2D eigenvalue weighted by atomic mass is 9.88. The normalized spacial score (nSPS) is 15.9. The number of aryl methyl sites for hydroxylation is 1. The van der Waals surface area contributed by atoms with Gasteiger partial charge in [0.15, 0.2) is 0 Å². The maximum atomic E-state index is 12.9. The van der Waals surface area contributed by atoms with Gasteiger partial charge in [0.2, 0.25) is 0 Å². The zero-order chi connectivity index (χ0) is 24.7. The molecular formula is C26H39N3O4. The molecule has 0 unspecified atom stereocenters. The Morgan fingerprint density at radius 1 is 1.00 bits per heavy atom. The first-order chi connectivity index (χ1) is 15.2. The van der Waals surface area contributed by atoms with Crippen LogP contribution in [0.2, 0.25) is 0 Å². The molecule has 2 aromatic heterocycles. The van der Waals surface area contributed by atoms with Crippen LogP contribution in [0.1, 0.15) is 96.9 Å². The van der Waals surface area contributed by atoms with E-state index >= 15 is 0 Å². The highest BCUT2D eigenvalue weighted by molar-refractivity contribution is 5.94. The quantitative estimate of drug-likeness (QED) is 0.524. The fourth-order valence-electron chi connectivity index (χ4n) is 4.41. The Morgan fingerprint density at radius 2 is 1.55 bits per heavy atom. The molecule has 3 heterocycles. The molecule has 1 aliphatic heterocycles. The molecule has 0 spiro atoms. The van der Waals surface area contributed by atoms with Gasteiger partial charge in [-0.05, 0) is 78.4 Å². The highest BCUT2D eigenvalue weighted by atomic mass is 16.6. The maximum absolute atomic E-state index is 12.9. The molecule has 0 radical (unpaired) electrons. The fraction of sp³-hybridized carbons (Fsp3) is 0.654. The number of nitrogens with zero attached hydrogens (tertiary/aromatic N) is 3. The van der Waals surface area contributed by atoms with Gasteiger partial charge < -0.3 is 14.4 Å². The van der Waals surface area contributed by atoms with Gasteiger partial charge in [-0.3, -0.25) is 9.55 Å². The van der Waals surface area contributed by atoms with Crippen LogP contribution in [0.15, 0.2) is 12.4 Å². The third kappa shape index (κ3) is 5.68. The standard InChI is InChI=1S/C26H39N3O4/c1-16(2)19-15-29(24(31)33-26(7,8)9)20-14-27-22(17(3)21(19)20)18-10-12-28(13-11-18)23(30)32-25(4,5)6/h14-16,18H,10-13H2,1-9H3. The van der Waals surface area contributed by atoms with E-state index in [1.165, 1.54) is 0 Å². The molecule has 0 aromatic carbocycles. The number of amides is 1. The van der Waals surface area contributed by atoms with E-state index in [1.54, 1.807) is 15.7 Å². The predicted molar refractivity (Wildman–Crippen MR) is 130 cm³/mol. The van der Waals surface area contributed by atoms with Gasteiger partial charge in [-0.25, -0.2) is 9.59 Å². The zero-order valence-corrected chi connectivity index (χ0v) is 21.6. The first kappa shape index (κ1) is 25.1. The largest absolute Gasteiger partial charge is 0.444 e. The average Bonchev–Trinajstić information content (AvgIpc) is 3.07. The van der Waals surface area contributed by atoms with Crippen LogP contribution in [0.3, 0.4) is 0 Å². The molecule has 0 saturated carbocycles. The number of fused-ring (bicyclic) bond motifs is 1. The molecule has 0 aliphatic carbocycles. The topological polar surface area (TPSA) is 73.7 Å². The van der Waals surface area contributed by atoms with Gasteiger partial charge in [0, 0.05) is 36.3 Å². The van der Waals surface area contributed by atoms with Crippen molar-refractivity contribution in [3.8, 4) is 0 Å². The van der Waals surface area contributed by atoms with E-state index in [0.29, 0.717) is 13.1 Å². The molecule has 33 heavy (non-hydrogen) atoms. The van der Waals surface area contributed by atoms with E-state index in [0.717, 1.165) is 40.6 Å². The number of carbonyl (C=O) groups is 2. The lowest BCUT2D eigenvalue weighted by Crippen LogP contribution is -2.41. The summed E-state index contributed by atoms with van der Waals surface area (Å²) in [4.78, 5) is 31.9. The summed E-state index contributed by atoms with van der Waals surface area (Å²) in [5.74, 6) is 0.511. The van der Waals surface area contributed by atoms with Crippen LogP contribution in [0.5, 0.6) is 0 Å². The summed E-state index contributed by atoms with van der Waals surface area (Å²) >= 11 is 0. The molecule has 1 fully saturated rings. The number of piperidine rings is 1. The number of ether oxygens (including phenoxy) is 2. The Morgan fingerprint density at radius 3 is 2.06 bits per heavy atom. The molecular weight excluding hydrogens is 418 g/mol. The molecule has 0 N–H and O–H groups in total. The number of hydrogen-bond donors (Lipinski definition) is 0. The minimum atomic E-state index is -0.573. The van der Waals surface area contributed by atoms with Crippen LogP contribution >= 0.6 is 0 Å². The van der Waals surface area contributed by atoms with Crippen LogP contribution in [-0.4, -0.2) is 50.9 Å². The Labute approximate surface area is 197 Å². The Balaban J connectivity index is 1.89. The van der Waals surface area contributed by atoms with Gasteiger partial charge in [0.25, 0.3) is 0 Å². The Bertz CT molecular complexity index is 1030. The Hall–Kier alpha value is -2.57. The van der Waals surface area contributed by atoms with Crippen molar-refractivity contribution in [3.05, 3.63) is 29.2 Å². The summed E-state index contributed by atoms with van der Waals surface area (Å²) in [5, 5.41) is 1.08. The second-order valence-corrected chi connectivity index (χ2v) is 11.4. The van der Waals surface area contributed by atoms with Crippen molar-refractivity contribution in [2.45, 2.75) is 98.2 Å². The van der Waals surface area contributed by atoms with Gasteiger partial charge >= 0.3 is 12.2 Å². The van der Waals surface area contributed by atoms with Crippen molar-refractivity contribution < 1.29 is 19.1 Å². The summed E-state index contributed by atoms with van der Waals surface area (Å²) < 4.78 is 12.7. The molecule has 7 heteroatoms. The summed E-state index contributed by atoms with van der Waals surface area (Å²) in [6.45, 7) is 18.9. The third-order valence-corrected chi connectivity index (χ3v) is 5.90. The van der Waals surface area contributed by atoms with E-state index in [-0.39, 0.29) is 24.0 Å². The number of carbonyl (C=O) groups excluding carboxylic acids is 2. The maximum Gasteiger partial charge on any atom is 0.419 e. The van der Waals surface area contributed by atoms with Gasteiger partial charge in [0.1, 0.15) is 11.2 Å². The second kappa shape index (κ2) is 8.99. The molecule has 0 bridgehead atoms. The number of aromatic nitrogens is 2. The number of rotatable bonds is 2. The first-order valence-corrected chi connectivity index (χ1v) is 11.9. The lowest BCUT2D eigenvalue weighted by molar-refractivity contribution is 0.0203. The summed E-state index contributed by atoms with van der Waals surface area (Å²) in [6.07, 6.45) is 4.72. The van der Waals surface area contributed by atoms with Gasteiger partial charge in [-0.15, -0.1) is 0 Å². The number of hydrogen-bond acceptors (Lipinski definition) is 5. The molecule has 7 nitrogen and oxygen atoms in total. The van der Waals surface area contributed by atoms with Gasteiger partial charge in [-0.1, -0.05) is 13.8 Å². The summed E-state index contributed by atoms with van der Waals surface area (Å²) in [6, 6.07) is 0. The smallest absolute Gasteiger partial charge is 0.419 e. The second-order valence-electron chi connectivity index (χ2n) is 11.4. The average molecular weight is 458 g/mol. The number of likely N-dealkylation sites (tertiary alicyclic amines) is 1. The predicted octanol–water partition coefficient (Wildman–Crippen LogP) is 6.37. The van der Waals surface area contributed by atoms with Crippen molar-refractivity contribution in [1.29, 1.82) is 0 Å². The van der Waals surface area contributed by atoms with Crippen molar-refractivity contribution in [2.75, 3.05) is 13.1 Å². The summed E-state index contributed by atoms with van der Waals surface area (Å²) in [5.41, 5.74) is 2.98. The molecule has 182 valence electrons. The van der Waals surface area contributed by atoms with Gasteiger partial charge in [0.05, 0.1) is 11.7 Å². The molecule has 3 rings (SSSR count). The first-order valence-electron chi connectivity index (χ1n) is 11.9. The molecule has 1 saturated heterocycles. The lowest BCUT2D eigenvalue weighted by Gasteiger charge is -2.33. The van der Waals surface area contributed by atoms with E-state index in [4.69, 9.17) is 14.5 Å². The minimum absolute atomic E-state index is 0.249. The summed E-state index contributed by atoms with van der Waals surface area (Å²) in [7, 11) is 0. The van der Waals surface area contributed by atoms with Crippen LogP contribution in [0.4, 0.5) is 9.59 Å². The highest BCUT2D eigenvalue weighted by Crippen LogP contribution is 2.36. The molecule has 1 amide bonds. The van der Waals surface area contributed by atoms with Crippen LogP contribution in [0.25, 0.3) is 10.9 Å². The van der Waals surface area contributed by atoms with Crippen molar-refractivity contribution in [3.63, 3.8) is 0 Å². The van der Waals surface area contributed by atoms with E-state index in [1.807, 2.05) is 47.7 Å². The SMILES string of the molecule is Cc1c(C2CCN(C(=O)OC(C)(C)C)CC2)ncc2c1c(C(C)C)cn2C(=O)OC(C)(C)C. The Kier molecular flexibility index (Phi) is 6.83. The van der Waals surface area contributed by atoms with Crippen molar-refractivity contribution >= 4 is 23.1 Å². The van der Waals surface area contributed by atoms with E-state index in [9.17, 15) is 9.59 Å². The van der Waals surface area contributed by atoms with Crippen LogP contribution in [-0.2, 0) is 9.47 Å². The molecule has 0 atom stereocenters. The van der Waals surface area contributed by atoms with Crippen molar-refractivity contribution in [2.24, 2.45) is 0 Å². The van der Waals surface area contributed by atoms with Crippen molar-refractivity contribution in [1.82, 2.24) is 14.5 Å². The molecule has 2 aromatic rings. The zero-order valence-electron chi connectivity index (χ0n) is 21.6. The van der Waals surface area contributed by atoms with E-state index < -0.39 is 11.2 Å². The van der Waals surface area contributed by atoms with Crippen LogP contribution < -0.4 is 0 Å². The van der Waals surface area contributed by atoms with E-state index in [2.05, 4.69) is 20.8 Å². The van der Waals surface area contributed by atoms with Gasteiger partial charge in [-0.2, -0.15) is 0 Å². The molecule has 1 aliphatic rings. The number of pyridine rings is 1. The minimum Gasteiger partial charge on any atom is -0.444 e. The highest BCUT2D eigenvalue weighted by Gasteiger charge is 2.30.